The number of carbonyl (C=O) groups is 2. The van der Waals surface area contributed by atoms with Gasteiger partial charge in [-0.1, -0.05) is 36.4 Å². The highest BCUT2D eigenvalue weighted by Gasteiger charge is 2.35. The van der Waals surface area contributed by atoms with Crippen LogP contribution in [0.15, 0.2) is 81.7 Å². The van der Waals surface area contributed by atoms with E-state index in [9.17, 15) is 46.1 Å². The topological polar surface area (TPSA) is 112 Å². The first kappa shape index (κ1) is 46.6. The zero-order chi connectivity index (χ0) is 42.6. The van der Waals surface area contributed by atoms with Gasteiger partial charge in [0.05, 0.1) is 33.3 Å². The summed E-state index contributed by atoms with van der Waals surface area (Å²) in [6, 6.07) is 17.0. The van der Waals surface area contributed by atoms with Crippen LogP contribution in [0.4, 0.5) is 26.3 Å². The van der Waals surface area contributed by atoms with E-state index in [1.165, 1.54) is 24.3 Å². The lowest BCUT2D eigenvalue weighted by molar-refractivity contribution is -0.150. The van der Waals surface area contributed by atoms with E-state index in [1.54, 1.807) is 50.2 Å². The molecule has 16 heteroatoms. The minimum Gasteiger partial charge on any atom is -0.492 e. The summed E-state index contributed by atoms with van der Waals surface area (Å²) in [4.78, 5) is 22.8. The van der Waals surface area contributed by atoms with Crippen molar-refractivity contribution in [3.63, 3.8) is 0 Å². The van der Waals surface area contributed by atoms with Crippen LogP contribution in [0.1, 0.15) is 60.1 Å². The monoisotopic (exact) mass is 946 g/mol. The highest BCUT2D eigenvalue weighted by molar-refractivity contribution is 9.11. The van der Waals surface area contributed by atoms with Gasteiger partial charge in [0, 0.05) is 26.1 Å². The van der Waals surface area contributed by atoms with Crippen molar-refractivity contribution in [3.05, 3.63) is 115 Å². The molecule has 1 unspecified atom stereocenters. The second-order valence-corrected chi connectivity index (χ2v) is 14.9. The molecule has 0 aromatic heterocycles. The van der Waals surface area contributed by atoms with E-state index in [0.29, 0.717) is 31.6 Å². The van der Waals surface area contributed by atoms with Gasteiger partial charge in [-0.05, 0) is 141 Å². The Morgan fingerprint density at radius 2 is 0.983 bits per heavy atom. The molecule has 58 heavy (non-hydrogen) atoms. The summed E-state index contributed by atoms with van der Waals surface area (Å²) in [6.07, 6.45) is -11.0. The number of aryl methyl sites for hydroxylation is 2. The van der Waals surface area contributed by atoms with Crippen LogP contribution in [0.5, 0.6) is 11.5 Å². The van der Waals surface area contributed by atoms with Crippen molar-refractivity contribution in [2.45, 2.75) is 76.9 Å². The number of ether oxygens (including phenoxy) is 4. The molecule has 4 aromatic carbocycles. The predicted octanol–water partition coefficient (Wildman–Crippen LogP) is 11.0. The predicted molar refractivity (Wildman–Crippen MR) is 211 cm³/mol. The molecule has 0 bridgehead atoms. The van der Waals surface area contributed by atoms with Crippen LogP contribution in [0.25, 0.3) is 11.1 Å². The number of hydrogen-bond donors (Lipinski definition) is 2. The molecular weight excluding hydrogens is 906 g/mol. The molecule has 2 atom stereocenters. The minimum atomic E-state index is -4.77. The number of carboxylic acid groups (broad SMARTS) is 2. The van der Waals surface area contributed by atoms with Gasteiger partial charge in [-0.3, -0.25) is 0 Å². The standard InChI is InChI=1S/C42H42Br2F6O8/c1-3-55-37(39(51)52)21-25-9-15-35(33(43)19-25)57-17-5-7-27-11-13-29(23-31(27)41(45,46)47)30-14-12-28(32(24-30)42(48,49)50)8-6-18-58-36-16-10-26(20-34(36)44)22-38(40(53)54)56-4-2/h9-16,19-20,23-24,37-38H,3-8,17-18,21-22H2,1-2H3,(H,51,52)(H,53,54)/t37-,38?/m0/s1. The number of alkyl halides is 6. The maximum Gasteiger partial charge on any atom is 0.416 e. The fourth-order valence-electron chi connectivity index (χ4n) is 6.21. The van der Waals surface area contributed by atoms with Crippen LogP contribution in [0, 0.1) is 0 Å². The van der Waals surface area contributed by atoms with E-state index in [-0.39, 0.29) is 87.2 Å². The molecule has 0 heterocycles. The number of benzene rings is 4. The van der Waals surface area contributed by atoms with Crippen molar-refractivity contribution >= 4 is 43.8 Å². The van der Waals surface area contributed by atoms with E-state index < -0.39 is 47.6 Å². The quantitative estimate of drug-likeness (QED) is 0.0628. The maximum atomic E-state index is 14.3. The first-order valence-corrected chi connectivity index (χ1v) is 19.9. The third kappa shape index (κ3) is 13.5. The molecule has 8 nitrogen and oxygen atoms in total. The summed E-state index contributed by atoms with van der Waals surface area (Å²) in [5.74, 6) is -1.35. The smallest absolute Gasteiger partial charge is 0.416 e. The summed E-state index contributed by atoms with van der Waals surface area (Å²) < 4.78 is 109. The molecule has 0 fully saturated rings. The summed E-state index contributed by atoms with van der Waals surface area (Å²) in [5.41, 5.74) is -0.655. The SMILES string of the molecule is CCOC(Cc1ccc(OCCCc2ccc(-c3ccc(CCCOc4ccc(C[C@H](OCC)C(=O)O)cc4Br)c(C(F)(F)F)c3)cc2C(F)(F)F)c(Br)c1)C(=O)O. The van der Waals surface area contributed by atoms with E-state index >= 15 is 0 Å². The first-order chi connectivity index (χ1) is 27.4. The van der Waals surface area contributed by atoms with Gasteiger partial charge in [0.15, 0.2) is 12.2 Å². The molecule has 4 rings (SSSR count). The molecule has 0 radical (unpaired) electrons. The highest BCUT2D eigenvalue weighted by Crippen LogP contribution is 2.39. The molecule has 314 valence electrons. The van der Waals surface area contributed by atoms with Crippen molar-refractivity contribution in [3.8, 4) is 22.6 Å². The van der Waals surface area contributed by atoms with Crippen molar-refractivity contribution in [1.82, 2.24) is 0 Å². The summed E-state index contributed by atoms with van der Waals surface area (Å²) in [5, 5.41) is 18.7. The molecule has 2 N–H and O–H groups in total. The van der Waals surface area contributed by atoms with Crippen LogP contribution >= 0.6 is 31.9 Å². The average Bonchev–Trinajstić information content (AvgIpc) is 3.15. The van der Waals surface area contributed by atoms with Gasteiger partial charge < -0.3 is 29.2 Å². The van der Waals surface area contributed by atoms with Crippen LogP contribution in [-0.4, -0.2) is 60.8 Å². The second-order valence-electron chi connectivity index (χ2n) is 13.1. The number of aliphatic carboxylic acids is 2. The Hall–Kier alpha value is -4.12. The van der Waals surface area contributed by atoms with Crippen molar-refractivity contribution in [2.24, 2.45) is 0 Å². The Bertz CT molecular complexity index is 1880. The van der Waals surface area contributed by atoms with Gasteiger partial charge in [0.25, 0.3) is 0 Å². The Morgan fingerprint density at radius 3 is 1.29 bits per heavy atom. The van der Waals surface area contributed by atoms with E-state index in [0.717, 1.165) is 12.1 Å². The van der Waals surface area contributed by atoms with Crippen LogP contribution in [0.2, 0.25) is 0 Å². The molecule has 0 amide bonds. The largest absolute Gasteiger partial charge is 0.492 e. The molecule has 0 aliphatic heterocycles. The van der Waals surface area contributed by atoms with Gasteiger partial charge in [-0.25, -0.2) is 9.59 Å². The van der Waals surface area contributed by atoms with Crippen molar-refractivity contribution < 1.29 is 65.1 Å². The lowest BCUT2D eigenvalue weighted by atomic mass is 9.93. The second kappa shape index (κ2) is 21.2. The van der Waals surface area contributed by atoms with Crippen LogP contribution in [-0.2, 0) is 57.1 Å². The number of hydrogen-bond acceptors (Lipinski definition) is 6. The van der Waals surface area contributed by atoms with Gasteiger partial charge in [0.2, 0.25) is 0 Å². The Balaban J connectivity index is 1.39. The van der Waals surface area contributed by atoms with E-state index in [1.807, 2.05) is 0 Å². The van der Waals surface area contributed by atoms with Gasteiger partial charge in [-0.2, -0.15) is 26.3 Å². The van der Waals surface area contributed by atoms with Gasteiger partial charge in [-0.15, -0.1) is 0 Å². The molecule has 0 saturated heterocycles. The Labute approximate surface area is 348 Å². The molecule has 4 aromatic rings. The first-order valence-electron chi connectivity index (χ1n) is 18.3. The fraction of sp³-hybridized carbons (Fsp3) is 0.381. The molecule has 0 saturated carbocycles. The minimum absolute atomic E-state index is 0.0181. The zero-order valence-electron chi connectivity index (χ0n) is 31.5. The summed E-state index contributed by atoms with van der Waals surface area (Å²) in [7, 11) is 0. The van der Waals surface area contributed by atoms with Gasteiger partial charge >= 0.3 is 24.3 Å². The third-order valence-electron chi connectivity index (χ3n) is 8.98. The van der Waals surface area contributed by atoms with Crippen molar-refractivity contribution in [1.29, 1.82) is 0 Å². The molecule has 0 aliphatic rings. The Morgan fingerprint density at radius 1 is 0.603 bits per heavy atom. The average molecular weight is 949 g/mol. The van der Waals surface area contributed by atoms with Crippen molar-refractivity contribution in [2.75, 3.05) is 26.4 Å². The van der Waals surface area contributed by atoms with Crippen LogP contribution in [0.3, 0.4) is 0 Å². The maximum absolute atomic E-state index is 14.3. The summed E-state index contributed by atoms with van der Waals surface area (Å²) >= 11 is 6.77. The third-order valence-corrected chi connectivity index (χ3v) is 10.2. The normalized spacial score (nSPS) is 12.9. The molecular formula is C42H42Br2F6O8. The highest BCUT2D eigenvalue weighted by atomic mass is 79.9. The number of rotatable bonds is 21. The van der Waals surface area contributed by atoms with Crippen LogP contribution < -0.4 is 9.47 Å². The summed E-state index contributed by atoms with van der Waals surface area (Å²) in [6.45, 7) is 3.97. The number of carboxylic acids is 2. The lowest BCUT2D eigenvalue weighted by Crippen LogP contribution is -2.26. The number of halogens is 8. The van der Waals surface area contributed by atoms with E-state index in [4.69, 9.17) is 18.9 Å². The van der Waals surface area contributed by atoms with Gasteiger partial charge in [0.1, 0.15) is 11.5 Å². The van der Waals surface area contributed by atoms with E-state index in [2.05, 4.69) is 31.9 Å². The fourth-order valence-corrected chi connectivity index (χ4v) is 7.29. The molecule has 0 spiro atoms. The molecule has 0 aliphatic carbocycles. The Kier molecular flexibility index (Phi) is 17.0. The zero-order valence-corrected chi connectivity index (χ0v) is 34.7. The lowest BCUT2D eigenvalue weighted by Gasteiger charge is -2.18.